The van der Waals surface area contributed by atoms with Gasteiger partial charge in [-0.15, -0.1) is 5.92 Å². The van der Waals surface area contributed by atoms with Crippen LogP contribution in [-0.4, -0.2) is 6.10 Å². The van der Waals surface area contributed by atoms with E-state index in [0.717, 1.165) is 6.42 Å². The van der Waals surface area contributed by atoms with Crippen LogP contribution in [0.25, 0.3) is 0 Å². The van der Waals surface area contributed by atoms with Gasteiger partial charge in [0.1, 0.15) is 5.60 Å². The molecule has 0 N–H and O–H groups in total. The molecule has 1 aromatic rings. The van der Waals surface area contributed by atoms with E-state index in [-0.39, 0.29) is 16.9 Å². The smallest absolute Gasteiger partial charge is 0.150 e. The number of benzene rings is 1. The molecule has 0 aromatic heterocycles. The van der Waals surface area contributed by atoms with E-state index in [2.05, 4.69) is 87.1 Å². The van der Waals surface area contributed by atoms with E-state index in [1.54, 1.807) is 0 Å². The van der Waals surface area contributed by atoms with E-state index < -0.39 is 5.60 Å². The van der Waals surface area contributed by atoms with Gasteiger partial charge in [0.2, 0.25) is 0 Å². The highest BCUT2D eigenvalue weighted by molar-refractivity contribution is 5.51. The number of hydrogen-bond acceptors (Lipinski definition) is 2. The second-order valence-corrected chi connectivity index (χ2v) is 10.1. The molecule has 2 nitrogen and oxygen atoms in total. The van der Waals surface area contributed by atoms with Crippen molar-refractivity contribution < 1.29 is 9.78 Å². The summed E-state index contributed by atoms with van der Waals surface area (Å²) in [6.07, 6.45) is 0.563. The Bertz CT molecular complexity index is 716. The molecule has 0 spiro atoms. The van der Waals surface area contributed by atoms with Crippen LogP contribution in [0.1, 0.15) is 103 Å². The lowest BCUT2D eigenvalue weighted by Crippen LogP contribution is -2.31. The topological polar surface area (TPSA) is 18.5 Å². The third-order valence-corrected chi connectivity index (χ3v) is 4.99. The van der Waals surface area contributed by atoms with Gasteiger partial charge in [0.05, 0.1) is 0 Å². The summed E-state index contributed by atoms with van der Waals surface area (Å²) in [5, 5.41) is 0. The minimum Gasteiger partial charge on any atom is -0.225 e. The van der Waals surface area contributed by atoms with Crippen LogP contribution in [0.15, 0.2) is 6.07 Å². The van der Waals surface area contributed by atoms with Crippen molar-refractivity contribution in [1.29, 1.82) is 0 Å². The van der Waals surface area contributed by atoms with Crippen LogP contribution in [-0.2, 0) is 26.2 Å². The minimum absolute atomic E-state index is 0.00878. The first-order valence-electron chi connectivity index (χ1n) is 10.1. The van der Waals surface area contributed by atoms with Gasteiger partial charge in [0, 0.05) is 6.42 Å². The van der Waals surface area contributed by atoms with Crippen LogP contribution in [0, 0.1) is 25.7 Å². The number of rotatable bonds is 4. The minimum atomic E-state index is -0.580. The Morgan fingerprint density at radius 3 is 1.89 bits per heavy atom. The van der Waals surface area contributed by atoms with Crippen LogP contribution < -0.4 is 0 Å². The molecular weight excluding hydrogens is 332 g/mol. The predicted molar refractivity (Wildman–Crippen MR) is 116 cm³/mol. The normalized spacial score (nSPS) is 13.9. The summed E-state index contributed by atoms with van der Waals surface area (Å²) < 4.78 is 0. The van der Waals surface area contributed by atoms with Gasteiger partial charge < -0.3 is 0 Å². The summed E-state index contributed by atoms with van der Waals surface area (Å²) in [5.74, 6) is 6.11. The standard InChI is InChI=1S/C25H40O2/c1-13-14-15-17(2)26-27-25(11,12)21-16-20(23(5,6)7)18(3)19(4)22(21)24(8,9)10/h16-17H,13H2,1-12H3. The van der Waals surface area contributed by atoms with Gasteiger partial charge in [-0.1, -0.05) is 60.5 Å². The molecule has 1 rings (SSSR count). The van der Waals surface area contributed by atoms with Crippen LogP contribution in [0.2, 0.25) is 0 Å². The van der Waals surface area contributed by atoms with Crippen molar-refractivity contribution in [3.8, 4) is 11.8 Å². The van der Waals surface area contributed by atoms with Crippen molar-refractivity contribution in [2.45, 2.75) is 112 Å². The van der Waals surface area contributed by atoms with E-state index in [0.29, 0.717) is 0 Å². The van der Waals surface area contributed by atoms with E-state index in [1.165, 1.54) is 27.8 Å². The van der Waals surface area contributed by atoms with Crippen molar-refractivity contribution in [2.75, 3.05) is 0 Å². The maximum absolute atomic E-state index is 5.97. The van der Waals surface area contributed by atoms with Crippen molar-refractivity contribution in [1.82, 2.24) is 0 Å². The van der Waals surface area contributed by atoms with Gasteiger partial charge in [0.15, 0.2) is 6.10 Å². The van der Waals surface area contributed by atoms with E-state index in [9.17, 15) is 0 Å². The SMILES string of the molecule is CCC#CC(C)OOC(C)(C)c1cc(C(C)(C)C)c(C)c(C)c1C(C)(C)C. The monoisotopic (exact) mass is 372 g/mol. The summed E-state index contributed by atoms with van der Waals surface area (Å²) in [7, 11) is 0. The Labute approximate surface area is 168 Å². The fourth-order valence-electron chi connectivity index (χ4n) is 3.64. The van der Waals surface area contributed by atoms with Gasteiger partial charge in [0.25, 0.3) is 0 Å². The average Bonchev–Trinajstić information content (AvgIpc) is 2.50. The van der Waals surface area contributed by atoms with Crippen molar-refractivity contribution >= 4 is 0 Å². The first-order valence-corrected chi connectivity index (χ1v) is 10.1. The van der Waals surface area contributed by atoms with Gasteiger partial charge in [-0.2, -0.15) is 0 Å². The lowest BCUT2D eigenvalue weighted by Gasteiger charge is -2.36. The van der Waals surface area contributed by atoms with E-state index in [1.807, 2.05) is 13.8 Å². The quantitative estimate of drug-likeness (QED) is 0.326. The maximum atomic E-state index is 5.97. The molecule has 0 saturated heterocycles. The lowest BCUT2D eigenvalue weighted by atomic mass is 9.71. The molecule has 0 aliphatic heterocycles. The zero-order chi connectivity index (χ0) is 21.2. The van der Waals surface area contributed by atoms with Gasteiger partial charge >= 0.3 is 0 Å². The van der Waals surface area contributed by atoms with Crippen molar-refractivity contribution in [3.05, 3.63) is 33.9 Å². The molecule has 152 valence electrons. The third kappa shape index (κ3) is 5.84. The molecule has 1 unspecified atom stereocenters. The molecule has 0 saturated carbocycles. The molecule has 2 heteroatoms. The van der Waals surface area contributed by atoms with Crippen LogP contribution in [0.4, 0.5) is 0 Å². The Morgan fingerprint density at radius 2 is 1.44 bits per heavy atom. The summed E-state index contributed by atoms with van der Waals surface area (Å²) in [6, 6.07) is 2.33. The highest BCUT2D eigenvalue weighted by atomic mass is 17.2. The van der Waals surface area contributed by atoms with Crippen LogP contribution in [0.3, 0.4) is 0 Å². The van der Waals surface area contributed by atoms with E-state index in [4.69, 9.17) is 9.78 Å². The zero-order valence-electron chi connectivity index (χ0n) is 19.7. The van der Waals surface area contributed by atoms with Crippen LogP contribution >= 0.6 is 0 Å². The molecule has 27 heavy (non-hydrogen) atoms. The molecule has 0 heterocycles. The summed E-state index contributed by atoms with van der Waals surface area (Å²) in [4.78, 5) is 11.6. The molecule has 0 amide bonds. The molecule has 0 radical (unpaired) electrons. The van der Waals surface area contributed by atoms with Gasteiger partial charge in [-0.25, -0.2) is 9.78 Å². The van der Waals surface area contributed by atoms with E-state index >= 15 is 0 Å². The molecule has 1 aromatic carbocycles. The van der Waals surface area contributed by atoms with Gasteiger partial charge in [-0.3, -0.25) is 0 Å². The lowest BCUT2D eigenvalue weighted by molar-refractivity contribution is -0.369. The van der Waals surface area contributed by atoms with Crippen molar-refractivity contribution in [2.24, 2.45) is 0 Å². The average molecular weight is 373 g/mol. The fourth-order valence-corrected chi connectivity index (χ4v) is 3.64. The molecular formula is C25H40O2. The number of hydrogen-bond donors (Lipinski definition) is 0. The molecule has 0 fully saturated rings. The third-order valence-electron chi connectivity index (χ3n) is 4.99. The van der Waals surface area contributed by atoms with Gasteiger partial charge in [-0.05, 0) is 73.3 Å². The molecule has 1 atom stereocenters. The Kier molecular flexibility index (Phi) is 7.36. The van der Waals surface area contributed by atoms with Crippen LogP contribution in [0.5, 0.6) is 0 Å². The Balaban J connectivity index is 3.52. The Hall–Kier alpha value is -1.30. The predicted octanol–water partition coefficient (Wildman–Crippen LogP) is 6.88. The highest BCUT2D eigenvalue weighted by Gasteiger charge is 2.34. The fraction of sp³-hybridized carbons (Fsp3) is 0.680. The second kappa shape index (κ2) is 8.38. The summed E-state index contributed by atoms with van der Waals surface area (Å²) in [5.41, 5.74) is 6.11. The summed E-state index contributed by atoms with van der Waals surface area (Å²) >= 11 is 0. The van der Waals surface area contributed by atoms with Crippen molar-refractivity contribution in [3.63, 3.8) is 0 Å². The first kappa shape index (κ1) is 23.7. The maximum Gasteiger partial charge on any atom is 0.150 e. The molecule has 0 aliphatic carbocycles. The molecule has 0 aliphatic rings. The largest absolute Gasteiger partial charge is 0.225 e. The first-order chi connectivity index (χ1) is 12.1. The second-order valence-electron chi connectivity index (χ2n) is 10.1. The highest BCUT2D eigenvalue weighted by Crippen LogP contribution is 2.42. The Morgan fingerprint density at radius 1 is 0.889 bits per heavy atom. The summed E-state index contributed by atoms with van der Waals surface area (Å²) in [6.45, 7) is 26.2. The zero-order valence-corrected chi connectivity index (χ0v) is 19.7. The molecule has 0 bridgehead atoms.